The highest BCUT2D eigenvalue weighted by atomic mass is 32.2. The number of aryl methyl sites for hydroxylation is 2. The van der Waals surface area contributed by atoms with Crippen molar-refractivity contribution < 1.29 is 4.74 Å². The van der Waals surface area contributed by atoms with Gasteiger partial charge in [0, 0.05) is 9.77 Å². The van der Waals surface area contributed by atoms with Crippen LogP contribution in [0.15, 0.2) is 34.0 Å². The van der Waals surface area contributed by atoms with Crippen LogP contribution in [0.3, 0.4) is 0 Å². The van der Waals surface area contributed by atoms with E-state index >= 15 is 0 Å². The Balaban J connectivity index is 1.94. The first kappa shape index (κ1) is 16.1. The second kappa shape index (κ2) is 6.37. The molecule has 0 fully saturated rings. The van der Waals surface area contributed by atoms with Gasteiger partial charge in [0.25, 0.3) is 5.56 Å². The number of thiophene rings is 1. The number of benzene rings is 1. The molecule has 0 bridgehead atoms. The number of fused-ring (bicyclic) bond motifs is 1. The molecule has 1 aromatic carbocycles. The van der Waals surface area contributed by atoms with Crippen molar-refractivity contribution in [3.63, 3.8) is 0 Å². The maximum atomic E-state index is 12.4. The SMILES string of the molecule is COc1cccc(SC(C)c2nc3sc(C)c(C)c3c(=O)[nH]2)c1. The highest BCUT2D eigenvalue weighted by Crippen LogP contribution is 2.35. The molecule has 23 heavy (non-hydrogen) atoms. The molecule has 1 unspecified atom stereocenters. The van der Waals surface area contributed by atoms with E-state index in [1.54, 1.807) is 30.2 Å². The second-order valence-corrected chi connectivity index (χ2v) is 7.97. The van der Waals surface area contributed by atoms with Crippen molar-refractivity contribution >= 4 is 33.3 Å². The molecule has 4 nitrogen and oxygen atoms in total. The molecule has 0 aliphatic rings. The fourth-order valence-corrected chi connectivity index (χ4v) is 4.41. The first-order valence-corrected chi connectivity index (χ1v) is 9.00. The molecule has 0 aliphatic heterocycles. The minimum Gasteiger partial charge on any atom is -0.497 e. The number of nitrogens with one attached hydrogen (secondary N) is 1. The van der Waals surface area contributed by atoms with Crippen molar-refractivity contribution in [2.75, 3.05) is 7.11 Å². The topological polar surface area (TPSA) is 55.0 Å². The minimum atomic E-state index is -0.0510. The Labute approximate surface area is 142 Å². The van der Waals surface area contributed by atoms with E-state index in [2.05, 4.69) is 9.97 Å². The number of rotatable bonds is 4. The fourth-order valence-electron chi connectivity index (χ4n) is 2.40. The molecule has 0 aliphatic carbocycles. The molecule has 2 heterocycles. The van der Waals surface area contributed by atoms with Gasteiger partial charge in [-0.05, 0) is 44.5 Å². The normalized spacial score (nSPS) is 12.5. The van der Waals surface area contributed by atoms with E-state index in [9.17, 15) is 4.79 Å². The van der Waals surface area contributed by atoms with Crippen LogP contribution in [-0.2, 0) is 0 Å². The van der Waals surface area contributed by atoms with Crippen molar-refractivity contribution in [2.45, 2.75) is 30.9 Å². The third kappa shape index (κ3) is 3.14. The zero-order valence-corrected chi connectivity index (χ0v) is 15.1. The molecule has 3 rings (SSSR count). The smallest absolute Gasteiger partial charge is 0.259 e. The fraction of sp³-hybridized carbons (Fsp3) is 0.294. The largest absolute Gasteiger partial charge is 0.497 e. The third-order valence-electron chi connectivity index (χ3n) is 3.80. The van der Waals surface area contributed by atoms with Gasteiger partial charge in [-0.3, -0.25) is 4.79 Å². The molecule has 0 saturated carbocycles. The lowest BCUT2D eigenvalue weighted by molar-refractivity contribution is 0.413. The van der Waals surface area contributed by atoms with Crippen LogP contribution in [0.1, 0.15) is 28.4 Å². The van der Waals surface area contributed by atoms with Gasteiger partial charge in [-0.2, -0.15) is 0 Å². The van der Waals surface area contributed by atoms with Gasteiger partial charge in [0.1, 0.15) is 16.4 Å². The molecule has 1 atom stereocenters. The van der Waals surface area contributed by atoms with Gasteiger partial charge in [0.05, 0.1) is 17.7 Å². The number of methoxy groups -OCH3 is 1. The summed E-state index contributed by atoms with van der Waals surface area (Å²) in [6, 6.07) is 7.88. The number of nitrogens with zero attached hydrogens (tertiary/aromatic N) is 1. The van der Waals surface area contributed by atoms with E-state index in [-0.39, 0.29) is 10.8 Å². The van der Waals surface area contributed by atoms with Crippen molar-refractivity contribution in [1.29, 1.82) is 0 Å². The van der Waals surface area contributed by atoms with E-state index in [0.29, 0.717) is 5.82 Å². The van der Waals surface area contributed by atoms with Crippen molar-refractivity contribution in [3.8, 4) is 5.75 Å². The summed E-state index contributed by atoms with van der Waals surface area (Å²) >= 11 is 3.22. The summed E-state index contributed by atoms with van der Waals surface area (Å²) in [6.07, 6.45) is 0. The Hall–Kier alpha value is -1.79. The number of aromatic nitrogens is 2. The molecule has 0 saturated heterocycles. The Morgan fingerprint density at radius 3 is 2.87 bits per heavy atom. The number of thioether (sulfide) groups is 1. The molecular formula is C17H18N2O2S2. The summed E-state index contributed by atoms with van der Waals surface area (Å²) in [5.41, 5.74) is 0.975. The molecule has 0 amide bonds. The predicted molar refractivity (Wildman–Crippen MR) is 97.0 cm³/mol. The number of H-pyrrole nitrogens is 1. The van der Waals surface area contributed by atoms with Crippen LogP contribution in [0.25, 0.3) is 10.2 Å². The number of hydrogen-bond donors (Lipinski definition) is 1. The van der Waals surface area contributed by atoms with Gasteiger partial charge < -0.3 is 9.72 Å². The summed E-state index contributed by atoms with van der Waals surface area (Å²) in [6.45, 7) is 6.04. The Bertz CT molecular complexity index is 915. The number of aromatic amines is 1. The van der Waals surface area contributed by atoms with Crippen molar-refractivity contribution in [3.05, 3.63) is 50.9 Å². The molecule has 0 radical (unpaired) electrons. The van der Waals surface area contributed by atoms with Crippen LogP contribution < -0.4 is 10.3 Å². The zero-order chi connectivity index (χ0) is 16.6. The maximum Gasteiger partial charge on any atom is 0.259 e. The minimum absolute atomic E-state index is 0.0434. The lowest BCUT2D eigenvalue weighted by Gasteiger charge is -2.11. The molecular weight excluding hydrogens is 328 g/mol. The van der Waals surface area contributed by atoms with Gasteiger partial charge in [0.2, 0.25) is 0 Å². The van der Waals surface area contributed by atoms with Crippen molar-refractivity contribution in [1.82, 2.24) is 9.97 Å². The van der Waals surface area contributed by atoms with E-state index in [1.807, 2.05) is 45.0 Å². The molecule has 3 aromatic rings. The monoisotopic (exact) mass is 346 g/mol. The lowest BCUT2D eigenvalue weighted by atomic mass is 10.2. The van der Waals surface area contributed by atoms with Crippen LogP contribution in [0.5, 0.6) is 5.75 Å². The van der Waals surface area contributed by atoms with Gasteiger partial charge in [0.15, 0.2) is 0 Å². The second-order valence-electron chi connectivity index (χ2n) is 5.35. The summed E-state index contributed by atoms with van der Waals surface area (Å²) in [7, 11) is 1.65. The number of ether oxygens (including phenoxy) is 1. The summed E-state index contributed by atoms with van der Waals surface area (Å²) in [5.74, 6) is 1.53. The van der Waals surface area contributed by atoms with Crippen LogP contribution >= 0.6 is 23.1 Å². The summed E-state index contributed by atoms with van der Waals surface area (Å²) in [4.78, 5) is 23.0. The molecule has 1 N–H and O–H groups in total. The first-order chi connectivity index (χ1) is 11.0. The van der Waals surface area contributed by atoms with E-state index in [1.165, 1.54) is 0 Å². The van der Waals surface area contributed by atoms with Gasteiger partial charge in [-0.1, -0.05) is 6.07 Å². The number of hydrogen-bond acceptors (Lipinski definition) is 5. The Morgan fingerprint density at radius 1 is 1.35 bits per heavy atom. The molecule has 2 aromatic heterocycles. The van der Waals surface area contributed by atoms with E-state index in [4.69, 9.17) is 4.74 Å². The Morgan fingerprint density at radius 2 is 2.13 bits per heavy atom. The highest BCUT2D eigenvalue weighted by Gasteiger charge is 2.16. The Kier molecular flexibility index (Phi) is 4.46. The van der Waals surface area contributed by atoms with Crippen LogP contribution in [0, 0.1) is 13.8 Å². The van der Waals surface area contributed by atoms with Gasteiger partial charge >= 0.3 is 0 Å². The lowest BCUT2D eigenvalue weighted by Crippen LogP contribution is -2.12. The van der Waals surface area contributed by atoms with Crippen LogP contribution in [0.4, 0.5) is 0 Å². The first-order valence-electron chi connectivity index (χ1n) is 7.30. The standard InChI is InChI=1S/C17H18N2O2S2/c1-9-10(2)23-17-14(9)16(20)18-15(19-17)11(3)22-13-7-5-6-12(8-13)21-4/h5-8,11H,1-4H3,(H,18,19,20). The van der Waals surface area contributed by atoms with E-state index in [0.717, 1.165) is 31.3 Å². The van der Waals surface area contributed by atoms with Crippen molar-refractivity contribution in [2.24, 2.45) is 0 Å². The quantitative estimate of drug-likeness (QED) is 0.709. The predicted octanol–water partition coefficient (Wildman–Crippen LogP) is 4.46. The zero-order valence-electron chi connectivity index (χ0n) is 13.5. The molecule has 6 heteroatoms. The average molecular weight is 346 g/mol. The average Bonchev–Trinajstić information content (AvgIpc) is 2.82. The summed E-state index contributed by atoms with van der Waals surface area (Å²) in [5, 5.41) is 0.761. The molecule has 0 spiro atoms. The highest BCUT2D eigenvalue weighted by molar-refractivity contribution is 7.99. The van der Waals surface area contributed by atoms with Gasteiger partial charge in [-0.15, -0.1) is 23.1 Å². The summed E-state index contributed by atoms with van der Waals surface area (Å²) < 4.78 is 5.25. The van der Waals surface area contributed by atoms with E-state index < -0.39 is 0 Å². The van der Waals surface area contributed by atoms with Crippen LogP contribution in [-0.4, -0.2) is 17.1 Å². The third-order valence-corrected chi connectivity index (χ3v) is 6.00. The maximum absolute atomic E-state index is 12.4. The van der Waals surface area contributed by atoms with Crippen LogP contribution in [0.2, 0.25) is 0 Å². The van der Waals surface area contributed by atoms with Gasteiger partial charge in [-0.25, -0.2) is 4.98 Å². The molecule has 120 valence electrons.